The van der Waals surface area contributed by atoms with E-state index in [9.17, 15) is 13.5 Å². The molecule has 0 amide bonds. The fourth-order valence-corrected chi connectivity index (χ4v) is 3.13. The van der Waals surface area contributed by atoms with Crippen LogP contribution in [0.2, 0.25) is 0 Å². The molecule has 0 aliphatic heterocycles. The lowest BCUT2D eigenvalue weighted by Gasteiger charge is -2.10. The Kier molecular flexibility index (Phi) is 6.02. The number of aryl methyl sites for hydroxylation is 1. The summed E-state index contributed by atoms with van der Waals surface area (Å²) < 4.78 is 31.7. The third-order valence-electron chi connectivity index (χ3n) is 3.17. The van der Waals surface area contributed by atoms with Crippen molar-refractivity contribution in [3.8, 4) is 0 Å². The Hall–Kier alpha value is -1.34. The molecule has 7 heteroatoms. The maximum absolute atomic E-state index is 12.2. The van der Waals surface area contributed by atoms with E-state index in [1.807, 2.05) is 0 Å². The highest BCUT2D eigenvalue weighted by Gasteiger charge is 2.17. The van der Waals surface area contributed by atoms with Crippen molar-refractivity contribution in [3.05, 3.63) is 54.0 Å². The summed E-state index contributed by atoms with van der Waals surface area (Å²) >= 11 is 5.63. The number of hydrogen-bond acceptors (Lipinski definition) is 4. The van der Waals surface area contributed by atoms with Crippen LogP contribution in [0.5, 0.6) is 0 Å². The summed E-state index contributed by atoms with van der Waals surface area (Å²) in [6, 6.07) is 9.85. The van der Waals surface area contributed by atoms with Crippen molar-refractivity contribution in [2.45, 2.75) is 23.8 Å². The SMILES string of the molecule is O=S(=O)(NCC(O)c1ccco1)c1ccc(CCCCl)cc1. The minimum absolute atomic E-state index is 0.149. The Balaban J connectivity index is 1.97. The van der Waals surface area contributed by atoms with Crippen molar-refractivity contribution >= 4 is 21.6 Å². The molecule has 1 aromatic carbocycles. The monoisotopic (exact) mass is 343 g/mol. The summed E-state index contributed by atoms with van der Waals surface area (Å²) in [6.07, 6.45) is 2.07. The summed E-state index contributed by atoms with van der Waals surface area (Å²) in [7, 11) is -3.66. The predicted octanol–water partition coefficient (Wildman–Crippen LogP) is 2.46. The van der Waals surface area contributed by atoms with Crippen molar-refractivity contribution < 1.29 is 17.9 Å². The Morgan fingerprint density at radius 2 is 1.95 bits per heavy atom. The smallest absolute Gasteiger partial charge is 0.240 e. The Morgan fingerprint density at radius 1 is 1.23 bits per heavy atom. The van der Waals surface area contributed by atoms with Gasteiger partial charge < -0.3 is 9.52 Å². The van der Waals surface area contributed by atoms with Crippen molar-refractivity contribution in [2.75, 3.05) is 12.4 Å². The molecule has 5 nitrogen and oxygen atoms in total. The molecule has 1 heterocycles. The molecule has 0 radical (unpaired) electrons. The number of rotatable bonds is 8. The van der Waals surface area contributed by atoms with Gasteiger partial charge in [0.25, 0.3) is 0 Å². The van der Waals surface area contributed by atoms with Crippen LogP contribution in [0.25, 0.3) is 0 Å². The Labute approximate surface area is 135 Å². The number of furan rings is 1. The van der Waals surface area contributed by atoms with Crippen molar-refractivity contribution in [1.82, 2.24) is 4.72 Å². The van der Waals surface area contributed by atoms with E-state index in [1.54, 1.807) is 36.4 Å². The van der Waals surface area contributed by atoms with Gasteiger partial charge in [-0.25, -0.2) is 13.1 Å². The van der Waals surface area contributed by atoms with E-state index in [0.717, 1.165) is 18.4 Å². The minimum Gasteiger partial charge on any atom is -0.467 e. The number of benzene rings is 1. The second kappa shape index (κ2) is 7.78. The van der Waals surface area contributed by atoms with Gasteiger partial charge in [0.15, 0.2) is 0 Å². The molecular formula is C15H18ClNO4S. The normalized spacial score (nSPS) is 13.2. The molecule has 2 aromatic rings. The summed E-state index contributed by atoms with van der Waals surface area (Å²) in [6.45, 7) is -0.149. The third-order valence-corrected chi connectivity index (χ3v) is 4.88. The second-order valence-corrected chi connectivity index (χ2v) is 6.96. The molecule has 2 rings (SSSR count). The number of hydrogen-bond donors (Lipinski definition) is 2. The van der Waals surface area contributed by atoms with Gasteiger partial charge in [-0.3, -0.25) is 0 Å². The number of sulfonamides is 1. The van der Waals surface area contributed by atoms with E-state index in [1.165, 1.54) is 6.26 Å². The van der Waals surface area contributed by atoms with E-state index in [4.69, 9.17) is 16.0 Å². The average molecular weight is 344 g/mol. The highest BCUT2D eigenvalue weighted by atomic mass is 35.5. The highest BCUT2D eigenvalue weighted by Crippen LogP contribution is 2.15. The first-order chi connectivity index (χ1) is 10.5. The first kappa shape index (κ1) is 17.0. The quantitative estimate of drug-likeness (QED) is 0.722. The van der Waals surface area contributed by atoms with Gasteiger partial charge in [-0.15, -0.1) is 11.6 Å². The molecule has 0 aliphatic carbocycles. The first-order valence-electron chi connectivity index (χ1n) is 6.89. The summed E-state index contributed by atoms with van der Waals surface area (Å²) in [4.78, 5) is 0.161. The van der Waals surface area contributed by atoms with Crippen LogP contribution in [-0.2, 0) is 16.4 Å². The van der Waals surface area contributed by atoms with Crippen LogP contribution < -0.4 is 4.72 Å². The molecule has 0 aliphatic rings. The van der Waals surface area contributed by atoms with E-state index >= 15 is 0 Å². The molecule has 0 saturated heterocycles. The molecule has 0 spiro atoms. The van der Waals surface area contributed by atoms with Crippen LogP contribution >= 0.6 is 11.6 Å². The van der Waals surface area contributed by atoms with Gasteiger partial charge in [0.1, 0.15) is 11.9 Å². The molecule has 2 N–H and O–H groups in total. The van der Waals surface area contributed by atoms with Gasteiger partial charge in [-0.2, -0.15) is 0 Å². The molecule has 0 fully saturated rings. The minimum atomic E-state index is -3.66. The van der Waals surface area contributed by atoms with Crippen LogP contribution in [0.3, 0.4) is 0 Å². The molecule has 1 aromatic heterocycles. The number of halogens is 1. The molecule has 0 bridgehead atoms. The van der Waals surface area contributed by atoms with Crippen LogP contribution in [0, 0.1) is 0 Å². The molecule has 22 heavy (non-hydrogen) atoms. The zero-order valence-corrected chi connectivity index (χ0v) is 13.5. The number of aliphatic hydroxyl groups excluding tert-OH is 1. The van der Waals surface area contributed by atoms with Crippen molar-refractivity contribution in [2.24, 2.45) is 0 Å². The predicted molar refractivity (Wildman–Crippen MR) is 84.3 cm³/mol. The van der Waals surface area contributed by atoms with Crippen LogP contribution in [-0.4, -0.2) is 25.9 Å². The lowest BCUT2D eigenvalue weighted by molar-refractivity contribution is 0.154. The number of aliphatic hydroxyl groups is 1. The maximum Gasteiger partial charge on any atom is 0.240 e. The van der Waals surface area contributed by atoms with Crippen LogP contribution in [0.1, 0.15) is 23.8 Å². The molecule has 1 atom stereocenters. The fraction of sp³-hybridized carbons (Fsp3) is 0.333. The lowest BCUT2D eigenvalue weighted by Crippen LogP contribution is -2.28. The largest absolute Gasteiger partial charge is 0.467 e. The fourth-order valence-electron chi connectivity index (χ4n) is 1.96. The summed E-state index contributed by atoms with van der Waals surface area (Å²) in [5.74, 6) is 0.894. The van der Waals surface area contributed by atoms with Crippen LogP contribution in [0.4, 0.5) is 0 Å². The van der Waals surface area contributed by atoms with Gasteiger partial charge >= 0.3 is 0 Å². The van der Waals surface area contributed by atoms with Crippen LogP contribution in [0.15, 0.2) is 52.0 Å². The first-order valence-corrected chi connectivity index (χ1v) is 8.91. The van der Waals surface area contributed by atoms with Gasteiger partial charge in [0.05, 0.1) is 11.2 Å². The average Bonchev–Trinajstić information content (AvgIpc) is 3.05. The number of alkyl halides is 1. The van der Waals surface area contributed by atoms with Crippen molar-refractivity contribution in [3.63, 3.8) is 0 Å². The van der Waals surface area contributed by atoms with Gasteiger partial charge in [0.2, 0.25) is 10.0 Å². The Morgan fingerprint density at radius 3 is 2.55 bits per heavy atom. The van der Waals surface area contributed by atoms with Gasteiger partial charge in [-0.05, 0) is 42.7 Å². The molecular weight excluding hydrogens is 326 g/mol. The number of nitrogens with one attached hydrogen (secondary N) is 1. The molecule has 1 unspecified atom stereocenters. The summed E-state index contributed by atoms with van der Waals surface area (Å²) in [5, 5.41) is 9.83. The zero-order valence-electron chi connectivity index (χ0n) is 11.9. The lowest BCUT2D eigenvalue weighted by atomic mass is 10.1. The van der Waals surface area contributed by atoms with E-state index in [2.05, 4.69) is 4.72 Å². The van der Waals surface area contributed by atoms with E-state index in [0.29, 0.717) is 11.6 Å². The molecule has 120 valence electrons. The second-order valence-electron chi connectivity index (χ2n) is 4.82. The zero-order chi connectivity index (χ0) is 16.0. The molecule has 0 saturated carbocycles. The maximum atomic E-state index is 12.2. The van der Waals surface area contributed by atoms with E-state index in [-0.39, 0.29) is 11.4 Å². The Bertz CT molecular complexity index is 668. The standard InChI is InChI=1S/C15H18ClNO4S/c16-9-1-3-12-5-7-13(8-6-12)22(19,20)17-11-14(18)15-4-2-10-21-15/h2,4-8,10,14,17-18H,1,3,9,11H2. The highest BCUT2D eigenvalue weighted by molar-refractivity contribution is 7.89. The third kappa shape index (κ3) is 4.58. The topological polar surface area (TPSA) is 79.5 Å². The van der Waals surface area contributed by atoms with E-state index < -0.39 is 16.1 Å². The van der Waals surface area contributed by atoms with Gasteiger partial charge in [-0.1, -0.05) is 12.1 Å². The van der Waals surface area contributed by atoms with Gasteiger partial charge in [0, 0.05) is 12.4 Å². The summed E-state index contributed by atoms with van der Waals surface area (Å²) in [5.41, 5.74) is 1.04. The van der Waals surface area contributed by atoms with Crippen molar-refractivity contribution in [1.29, 1.82) is 0 Å².